The van der Waals surface area contributed by atoms with Crippen LogP contribution in [0.15, 0.2) is 23.6 Å². The Bertz CT molecular complexity index is 922. The number of ether oxygens (including phenoxy) is 3. The first-order valence-corrected chi connectivity index (χ1v) is 8.62. The van der Waals surface area contributed by atoms with E-state index in [1.165, 1.54) is 5.38 Å². The first-order valence-electron chi connectivity index (χ1n) is 7.74. The number of esters is 1. The standard InChI is InChI=1S/C17H17N3O5S/c1-4-25-16(22)12-8-26-17(19-12)20-15(21)11-5-9-6-13(23-2)14(24-3)7-10(9)18-11/h5-8,18H,4H2,1-3H3,(H,19,20,21). The van der Waals surface area contributed by atoms with E-state index in [4.69, 9.17) is 14.2 Å². The Balaban J connectivity index is 1.80. The normalized spacial score (nSPS) is 10.6. The molecule has 26 heavy (non-hydrogen) atoms. The summed E-state index contributed by atoms with van der Waals surface area (Å²) < 4.78 is 15.4. The molecule has 0 spiro atoms. The van der Waals surface area contributed by atoms with E-state index in [0.29, 0.717) is 22.3 Å². The van der Waals surface area contributed by atoms with Gasteiger partial charge in [-0.1, -0.05) is 0 Å². The van der Waals surface area contributed by atoms with E-state index >= 15 is 0 Å². The predicted molar refractivity (Wildman–Crippen MR) is 97.4 cm³/mol. The van der Waals surface area contributed by atoms with Crippen LogP contribution in [-0.2, 0) is 4.74 Å². The molecule has 3 rings (SSSR count). The molecule has 2 N–H and O–H groups in total. The second kappa shape index (κ2) is 7.44. The van der Waals surface area contributed by atoms with Crippen molar-refractivity contribution in [2.75, 3.05) is 26.1 Å². The highest BCUT2D eigenvalue weighted by Crippen LogP contribution is 2.32. The van der Waals surface area contributed by atoms with E-state index in [9.17, 15) is 9.59 Å². The quantitative estimate of drug-likeness (QED) is 0.642. The van der Waals surface area contributed by atoms with E-state index in [1.54, 1.807) is 39.3 Å². The van der Waals surface area contributed by atoms with E-state index < -0.39 is 5.97 Å². The fraction of sp³-hybridized carbons (Fsp3) is 0.235. The van der Waals surface area contributed by atoms with Crippen molar-refractivity contribution in [2.45, 2.75) is 6.92 Å². The fourth-order valence-electron chi connectivity index (χ4n) is 2.38. The van der Waals surface area contributed by atoms with Gasteiger partial charge in [0.05, 0.1) is 20.8 Å². The van der Waals surface area contributed by atoms with Crippen LogP contribution in [0.3, 0.4) is 0 Å². The number of nitrogens with zero attached hydrogens (tertiary/aromatic N) is 1. The van der Waals surface area contributed by atoms with Crippen LogP contribution >= 0.6 is 11.3 Å². The fourth-order valence-corrected chi connectivity index (χ4v) is 3.05. The lowest BCUT2D eigenvalue weighted by molar-refractivity contribution is 0.0520. The molecule has 0 unspecified atom stereocenters. The maximum atomic E-state index is 12.4. The number of carbonyl (C=O) groups excluding carboxylic acids is 2. The van der Waals surface area contributed by atoms with Gasteiger partial charge in [0.25, 0.3) is 5.91 Å². The summed E-state index contributed by atoms with van der Waals surface area (Å²) in [7, 11) is 3.09. The Hall–Kier alpha value is -3.07. The minimum Gasteiger partial charge on any atom is -0.493 e. The number of benzene rings is 1. The highest BCUT2D eigenvalue weighted by atomic mass is 32.1. The second-order valence-corrected chi connectivity index (χ2v) is 6.05. The molecule has 0 aliphatic rings. The Morgan fingerprint density at radius 1 is 1.19 bits per heavy atom. The Morgan fingerprint density at radius 2 is 1.92 bits per heavy atom. The van der Waals surface area contributed by atoms with E-state index in [1.807, 2.05) is 0 Å². The predicted octanol–water partition coefficient (Wildman–Crippen LogP) is 3.07. The van der Waals surface area contributed by atoms with Crippen molar-refractivity contribution in [1.82, 2.24) is 9.97 Å². The molecule has 2 aromatic heterocycles. The molecular weight excluding hydrogens is 358 g/mol. The molecule has 0 aliphatic carbocycles. The lowest BCUT2D eigenvalue weighted by Gasteiger charge is -2.06. The van der Waals surface area contributed by atoms with Crippen molar-refractivity contribution in [1.29, 1.82) is 0 Å². The lowest BCUT2D eigenvalue weighted by Crippen LogP contribution is -2.12. The maximum absolute atomic E-state index is 12.4. The summed E-state index contributed by atoms with van der Waals surface area (Å²) in [6.07, 6.45) is 0. The SMILES string of the molecule is CCOC(=O)c1csc(NC(=O)c2cc3cc(OC)c(OC)cc3[nH]2)n1. The van der Waals surface area contributed by atoms with Crippen LogP contribution in [0.2, 0.25) is 0 Å². The van der Waals surface area contributed by atoms with Crippen LogP contribution in [0.25, 0.3) is 10.9 Å². The molecule has 3 aromatic rings. The van der Waals surface area contributed by atoms with Gasteiger partial charge in [0.2, 0.25) is 0 Å². The van der Waals surface area contributed by atoms with E-state index in [2.05, 4.69) is 15.3 Å². The highest BCUT2D eigenvalue weighted by Gasteiger charge is 2.16. The summed E-state index contributed by atoms with van der Waals surface area (Å²) in [5.41, 5.74) is 1.25. The van der Waals surface area contributed by atoms with Gasteiger partial charge in [0.15, 0.2) is 22.3 Å². The average Bonchev–Trinajstić information content (AvgIpc) is 3.26. The topological polar surface area (TPSA) is 103 Å². The summed E-state index contributed by atoms with van der Waals surface area (Å²) in [6, 6.07) is 5.24. The minimum absolute atomic E-state index is 0.165. The van der Waals surface area contributed by atoms with Crippen LogP contribution in [-0.4, -0.2) is 42.7 Å². The van der Waals surface area contributed by atoms with Crippen LogP contribution in [0.4, 0.5) is 5.13 Å². The highest BCUT2D eigenvalue weighted by molar-refractivity contribution is 7.14. The number of carbonyl (C=O) groups is 2. The largest absolute Gasteiger partial charge is 0.493 e. The summed E-state index contributed by atoms with van der Waals surface area (Å²) in [5.74, 6) is 0.246. The number of hydrogen-bond donors (Lipinski definition) is 2. The van der Waals surface area contributed by atoms with Crippen molar-refractivity contribution < 1.29 is 23.8 Å². The first kappa shape index (κ1) is 17.7. The lowest BCUT2D eigenvalue weighted by atomic mass is 10.2. The molecule has 0 atom stereocenters. The number of rotatable bonds is 6. The summed E-state index contributed by atoms with van der Waals surface area (Å²) >= 11 is 1.15. The van der Waals surface area contributed by atoms with Gasteiger partial charge < -0.3 is 19.2 Å². The number of hydrogen-bond acceptors (Lipinski definition) is 7. The number of methoxy groups -OCH3 is 2. The molecule has 0 fully saturated rings. The van der Waals surface area contributed by atoms with Crippen LogP contribution in [0.5, 0.6) is 11.5 Å². The molecule has 2 heterocycles. The molecule has 0 saturated carbocycles. The van der Waals surface area contributed by atoms with Gasteiger partial charge in [-0.2, -0.15) is 0 Å². The first-order chi connectivity index (χ1) is 12.5. The van der Waals surface area contributed by atoms with Crippen molar-refractivity contribution in [2.24, 2.45) is 0 Å². The van der Waals surface area contributed by atoms with Crippen LogP contribution in [0.1, 0.15) is 27.9 Å². The second-order valence-electron chi connectivity index (χ2n) is 5.19. The third-order valence-corrected chi connectivity index (χ3v) is 4.34. The van der Waals surface area contributed by atoms with Crippen molar-refractivity contribution in [3.63, 3.8) is 0 Å². The van der Waals surface area contributed by atoms with Gasteiger partial charge >= 0.3 is 5.97 Å². The van der Waals surface area contributed by atoms with E-state index in [-0.39, 0.29) is 18.2 Å². The zero-order valence-corrected chi connectivity index (χ0v) is 15.2. The molecule has 0 saturated heterocycles. The summed E-state index contributed by atoms with van der Waals surface area (Å²) in [6.45, 7) is 1.98. The molecule has 8 nitrogen and oxygen atoms in total. The van der Waals surface area contributed by atoms with Crippen molar-refractivity contribution in [3.05, 3.63) is 35.0 Å². The Kier molecular flexibility index (Phi) is 5.08. The number of amides is 1. The minimum atomic E-state index is -0.519. The van der Waals surface area contributed by atoms with Gasteiger partial charge in [-0.05, 0) is 19.1 Å². The molecule has 0 radical (unpaired) electrons. The van der Waals surface area contributed by atoms with Crippen LogP contribution in [0, 0.1) is 0 Å². The third kappa shape index (κ3) is 3.47. The number of fused-ring (bicyclic) bond motifs is 1. The maximum Gasteiger partial charge on any atom is 0.357 e. The summed E-state index contributed by atoms with van der Waals surface area (Å²) in [5, 5.41) is 5.31. The van der Waals surface area contributed by atoms with Gasteiger partial charge in [-0.15, -0.1) is 11.3 Å². The zero-order valence-electron chi connectivity index (χ0n) is 14.4. The number of anilines is 1. The monoisotopic (exact) mass is 375 g/mol. The number of H-pyrrole nitrogens is 1. The van der Waals surface area contributed by atoms with Gasteiger partial charge in [0, 0.05) is 22.3 Å². The Morgan fingerprint density at radius 3 is 2.62 bits per heavy atom. The number of aromatic nitrogens is 2. The molecule has 136 valence electrons. The van der Waals surface area contributed by atoms with Crippen molar-refractivity contribution >= 4 is 39.2 Å². The molecule has 9 heteroatoms. The smallest absolute Gasteiger partial charge is 0.357 e. The Labute approximate surface area is 153 Å². The zero-order chi connectivity index (χ0) is 18.7. The molecule has 0 bridgehead atoms. The van der Waals surface area contributed by atoms with Gasteiger partial charge in [-0.3, -0.25) is 10.1 Å². The van der Waals surface area contributed by atoms with E-state index in [0.717, 1.165) is 22.2 Å². The number of thiazole rings is 1. The van der Waals surface area contributed by atoms with Gasteiger partial charge in [-0.25, -0.2) is 9.78 Å². The number of nitrogens with one attached hydrogen (secondary N) is 2. The molecule has 1 amide bonds. The molecule has 1 aromatic carbocycles. The average molecular weight is 375 g/mol. The van der Waals surface area contributed by atoms with Crippen LogP contribution < -0.4 is 14.8 Å². The molecular formula is C17H17N3O5S. The third-order valence-electron chi connectivity index (χ3n) is 3.58. The summed E-state index contributed by atoms with van der Waals surface area (Å²) in [4.78, 5) is 31.2. The van der Waals surface area contributed by atoms with Gasteiger partial charge in [0.1, 0.15) is 5.69 Å². The molecule has 0 aliphatic heterocycles. The number of aromatic amines is 1. The van der Waals surface area contributed by atoms with Crippen molar-refractivity contribution in [3.8, 4) is 11.5 Å².